The number of hydrogen-bond acceptors (Lipinski definition) is 3. The summed E-state index contributed by atoms with van der Waals surface area (Å²) in [6, 6.07) is 5.11. The maximum absolute atomic E-state index is 10.6. The van der Waals surface area contributed by atoms with Crippen molar-refractivity contribution in [3.63, 3.8) is 0 Å². The molecule has 0 saturated heterocycles. The first-order valence-corrected chi connectivity index (χ1v) is 4.74. The molecule has 0 aromatic heterocycles. The van der Waals surface area contributed by atoms with Gasteiger partial charge in [0.2, 0.25) is 0 Å². The van der Waals surface area contributed by atoms with E-state index in [0.29, 0.717) is 0 Å². The van der Waals surface area contributed by atoms with E-state index in [9.17, 15) is 10.1 Å². The summed E-state index contributed by atoms with van der Waals surface area (Å²) in [5, 5.41) is 13.9. The van der Waals surface area contributed by atoms with Crippen LogP contribution in [0.15, 0.2) is 18.2 Å². The molecule has 1 aliphatic heterocycles. The van der Waals surface area contributed by atoms with Crippen molar-refractivity contribution in [2.45, 2.75) is 18.3 Å². The highest BCUT2D eigenvalue weighted by Crippen LogP contribution is 2.54. The SMILES string of the molecule is O=[N+]([O-])c1ccc2c(c1)C1(CC1)CN2. The van der Waals surface area contributed by atoms with Crippen LogP contribution >= 0.6 is 0 Å². The Morgan fingerprint density at radius 1 is 1.43 bits per heavy atom. The molecule has 0 unspecified atom stereocenters. The zero-order valence-electron chi connectivity index (χ0n) is 7.62. The molecule has 3 rings (SSSR count). The molecule has 1 aromatic rings. The molecule has 1 spiro atoms. The quantitative estimate of drug-likeness (QED) is 0.544. The lowest BCUT2D eigenvalue weighted by Gasteiger charge is -2.04. The fourth-order valence-corrected chi connectivity index (χ4v) is 2.20. The fourth-order valence-electron chi connectivity index (χ4n) is 2.20. The summed E-state index contributed by atoms with van der Waals surface area (Å²) in [4.78, 5) is 10.3. The van der Waals surface area contributed by atoms with Crippen LogP contribution in [0.2, 0.25) is 0 Å². The van der Waals surface area contributed by atoms with E-state index >= 15 is 0 Å². The highest BCUT2D eigenvalue weighted by molar-refractivity contribution is 5.65. The van der Waals surface area contributed by atoms with Crippen molar-refractivity contribution < 1.29 is 4.92 Å². The van der Waals surface area contributed by atoms with Gasteiger partial charge in [-0.2, -0.15) is 0 Å². The van der Waals surface area contributed by atoms with Crippen LogP contribution in [0.1, 0.15) is 18.4 Å². The lowest BCUT2D eigenvalue weighted by atomic mass is 9.98. The van der Waals surface area contributed by atoms with Crippen LogP contribution < -0.4 is 5.32 Å². The monoisotopic (exact) mass is 190 g/mol. The van der Waals surface area contributed by atoms with Crippen molar-refractivity contribution in [1.29, 1.82) is 0 Å². The highest BCUT2D eigenvalue weighted by Gasteiger charge is 2.49. The Kier molecular flexibility index (Phi) is 1.26. The van der Waals surface area contributed by atoms with Gasteiger partial charge in [0.1, 0.15) is 0 Å². The van der Waals surface area contributed by atoms with E-state index in [2.05, 4.69) is 5.32 Å². The smallest absolute Gasteiger partial charge is 0.269 e. The first kappa shape index (κ1) is 7.79. The standard InChI is InChI=1S/C10H10N2O2/c13-12(14)7-1-2-9-8(5-7)10(3-4-10)6-11-9/h1-2,5,11H,3-4,6H2. The van der Waals surface area contributed by atoms with Crippen LogP contribution in [-0.4, -0.2) is 11.5 Å². The molecular formula is C10H10N2O2. The Balaban J connectivity index is 2.13. The van der Waals surface area contributed by atoms with Crippen LogP contribution in [0.3, 0.4) is 0 Å². The van der Waals surface area contributed by atoms with Gasteiger partial charge in [0.05, 0.1) is 4.92 Å². The molecule has 1 heterocycles. The van der Waals surface area contributed by atoms with Gasteiger partial charge in [-0.1, -0.05) is 0 Å². The van der Waals surface area contributed by atoms with E-state index in [1.165, 1.54) is 0 Å². The number of nitro benzene ring substituents is 1. The van der Waals surface area contributed by atoms with Crippen LogP contribution in [0, 0.1) is 10.1 Å². The van der Waals surface area contributed by atoms with Gasteiger partial charge in [0.25, 0.3) is 5.69 Å². The second kappa shape index (κ2) is 2.26. The summed E-state index contributed by atoms with van der Waals surface area (Å²) in [6.45, 7) is 0.948. The molecule has 0 amide bonds. The average molecular weight is 190 g/mol. The van der Waals surface area contributed by atoms with Crippen molar-refractivity contribution in [2.75, 3.05) is 11.9 Å². The third-order valence-electron chi connectivity index (χ3n) is 3.26. The summed E-state index contributed by atoms with van der Waals surface area (Å²) >= 11 is 0. The van der Waals surface area contributed by atoms with E-state index in [-0.39, 0.29) is 16.0 Å². The second-order valence-corrected chi connectivity index (χ2v) is 4.12. The Bertz CT molecular complexity index is 424. The second-order valence-electron chi connectivity index (χ2n) is 4.12. The first-order valence-electron chi connectivity index (χ1n) is 4.74. The van der Waals surface area contributed by atoms with Crippen molar-refractivity contribution in [3.8, 4) is 0 Å². The third kappa shape index (κ3) is 0.880. The van der Waals surface area contributed by atoms with Gasteiger partial charge in [0, 0.05) is 29.8 Å². The molecule has 2 aliphatic rings. The summed E-state index contributed by atoms with van der Waals surface area (Å²) in [5.74, 6) is 0. The zero-order valence-corrected chi connectivity index (χ0v) is 7.62. The highest BCUT2D eigenvalue weighted by atomic mass is 16.6. The summed E-state index contributed by atoms with van der Waals surface area (Å²) < 4.78 is 0. The first-order chi connectivity index (χ1) is 6.71. The van der Waals surface area contributed by atoms with Gasteiger partial charge >= 0.3 is 0 Å². The maximum Gasteiger partial charge on any atom is 0.269 e. The Morgan fingerprint density at radius 2 is 2.21 bits per heavy atom. The number of anilines is 1. The van der Waals surface area contributed by atoms with Crippen LogP contribution in [-0.2, 0) is 5.41 Å². The minimum Gasteiger partial charge on any atom is -0.384 e. The minimum absolute atomic E-state index is 0.207. The number of nitrogens with zero attached hydrogens (tertiary/aromatic N) is 1. The summed E-state index contributed by atoms with van der Waals surface area (Å²) in [7, 11) is 0. The Labute approximate surface area is 81.1 Å². The zero-order chi connectivity index (χ0) is 9.76. The predicted octanol–water partition coefficient (Wildman–Crippen LogP) is 2.05. The number of nitro groups is 1. The number of nitrogens with one attached hydrogen (secondary N) is 1. The van der Waals surface area contributed by atoms with Gasteiger partial charge in [0.15, 0.2) is 0 Å². The molecule has 0 radical (unpaired) electrons. The molecule has 14 heavy (non-hydrogen) atoms. The van der Waals surface area contributed by atoms with Gasteiger partial charge < -0.3 is 5.32 Å². The largest absolute Gasteiger partial charge is 0.384 e. The predicted molar refractivity (Wildman–Crippen MR) is 52.5 cm³/mol. The third-order valence-corrected chi connectivity index (χ3v) is 3.26. The Hall–Kier alpha value is -1.58. The van der Waals surface area contributed by atoms with Gasteiger partial charge in [-0.15, -0.1) is 0 Å². The van der Waals surface area contributed by atoms with E-state index in [1.54, 1.807) is 12.1 Å². The van der Waals surface area contributed by atoms with Crippen molar-refractivity contribution in [2.24, 2.45) is 0 Å². The van der Waals surface area contributed by atoms with E-state index in [0.717, 1.165) is 30.6 Å². The molecule has 1 aliphatic carbocycles. The molecule has 4 heteroatoms. The lowest BCUT2D eigenvalue weighted by Crippen LogP contribution is -2.08. The van der Waals surface area contributed by atoms with Crippen molar-refractivity contribution >= 4 is 11.4 Å². The lowest BCUT2D eigenvalue weighted by molar-refractivity contribution is -0.384. The molecule has 0 bridgehead atoms. The molecule has 4 nitrogen and oxygen atoms in total. The topological polar surface area (TPSA) is 55.2 Å². The number of fused-ring (bicyclic) bond motifs is 2. The molecule has 1 aromatic carbocycles. The normalized spacial score (nSPS) is 20.3. The van der Waals surface area contributed by atoms with Gasteiger partial charge in [-0.25, -0.2) is 0 Å². The molecule has 72 valence electrons. The fraction of sp³-hybridized carbons (Fsp3) is 0.400. The summed E-state index contributed by atoms with van der Waals surface area (Å²) in [6.07, 6.45) is 2.32. The van der Waals surface area contributed by atoms with Crippen LogP contribution in [0.4, 0.5) is 11.4 Å². The molecule has 1 saturated carbocycles. The number of benzene rings is 1. The number of rotatable bonds is 1. The average Bonchev–Trinajstić information content (AvgIpc) is 2.85. The number of non-ortho nitro benzene ring substituents is 1. The van der Waals surface area contributed by atoms with Gasteiger partial charge in [-0.05, 0) is 24.5 Å². The Morgan fingerprint density at radius 3 is 2.86 bits per heavy atom. The number of hydrogen-bond donors (Lipinski definition) is 1. The van der Waals surface area contributed by atoms with Gasteiger partial charge in [-0.3, -0.25) is 10.1 Å². The van der Waals surface area contributed by atoms with E-state index < -0.39 is 0 Å². The maximum atomic E-state index is 10.6. The van der Waals surface area contributed by atoms with Crippen molar-refractivity contribution in [3.05, 3.63) is 33.9 Å². The molecule has 1 N–H and O–H groups in total. The van der Waals surface area contributed by atoms with Crippen LogP contribution in [0.5, 0.6) is 0 Å². The molecule has 1 fully saturated rings. The minimum atomic E-state index is -0.325. The molecular weight excluding hydrogens is 180 g/mol. The van der Waals surface area contributed by atoms with E-state index in [1.807, 2.05) is 6.07 Å². The summed E-state index contributed by atoms with van der Waals surface area (Å²) in [5.41, 5.74) is 2.67. The van der Waals surface area contributed by atoms with E-state index in [4.69, 9.17) is 0 Å². The van der Waals surface area contributed by atoms with Crippen LogP contribution in [0.25, 0.3) is 0 Å². The van der Waals surface area contributed by atoms with Crippen molar-refractivity contribution in [1.82, 2.24) is 0 Å². The molecule has 0 atom stereocenters.